The predicted molar refractivity (Wildman–Crippen MR) is 45.0 cm³/mol. The average Bonchev–Trinajstić information content (AvgIpc) is 2.47. The Bertz CT molecular complexity index is 179. The molecular formula is C9H16O3. The molecule has 0 amide bonds. The van der Waals surface area contributed by atoms with Gasteiger partial charge in [0.1, 0.15) is 0 Å². The SMILES string of the molecule is CCC1CCOC1(CC)C(=O)O. The second-order valence-corrected chi connectivity index (χ2v) is 3.29. The summed E-state index contributed by atoms with van der Waals surface area (Å²) in [5.41, 5.74) is -0.880. The minimum absolute atomic E-state index is 0.194. The molecule has 0 saturated carbocycles. The maximum Gasteiger partial charge on any atom is 0.336 e. The van der Waals surface area contributed by atoms with Crippen LogP contribution in [0.25, 0.3) is 0 Å². The molecule has 12 heavy (non-hydrogen) atoms. The molecule has 70 valence electrons. The highest BCUT2D eigenvalue weighted by atomic mass is 16.5. The van der Waals surface area contributed by atoms with Crippen molar-refractivity contribution < 1.29 is 14.6 Å². The smallest absolute Gasteiger partial charge is 0.336 e. The fourth-order valence-corrected chi connectivity index (χ4v) is 2.05. The van der Waals surface area contributed by atoms with Crippen LogP contribution in [0, 0.1) is 5.92 Å². The molecular weight excluding hydrogens is 156 g/mol. The van der Waals surface area contributed by atoms with Gasteiger partial charge in [-0.15, -0.1) is 0 Å². The lowest BCUT2D eigenvalue weighted by atomic mass is 9.83. The summed E-state index contributed by atoms with van der Waals surface area (Å²) in [5.74, 6) is -0.602. The fraction of sp³-hybridized carbons (Fsp3) is 0.889. The summed E-state index contributed by atoms with van der Waals surface area (Å²) in [4.78, 5) is 11.0. The summed E-state index contributed by atoms with van der Waals surface area (Å²) in [7, 11) is 0. The number of carboxylic acid groups (broad SMARTS) is 1. The van der Waals surface area contributed by atoms with Crippen molar-refractivity contribution in [1.82, 2.24) is 0 Å². The Hall–Kier alpha value is -0.570. The Morgan fingerprint density at radius 2 is 2.33 bits per heavy atom. The summed E-state index contributed by atoms with van der Waals surface area (Å²) in [6.07, 6.45) is 2.34. The van der Waals surface area contributed by atoms with Crippen LogP contribution in [0.5, 0.6) is 0 Å². The minimum Gasteiger partial charge on any atom is -0.479 e. The van der Waals surface area contributed by atoms with Crippen molar-refractivity contribution in [2.75, 3.05) is 6.61 Å². The van der Waals surface area contributed by atoms with Gasteiger partial charge in [0, 0.05) is 12.5 Å². The van der Waals surface area contributed by atoms with Gasteiger partial charge in [-0.1, -0.05) is 13.8 Å². The molecule has 1 heterocycles. The first-order valence-electron chi connectivity index (χ1n) is 4.54. The van der Waals surface area contributed by atoms with Gasteiger partial charge in [-0.2, -0.15) is 0 Å². The Labute approximate surface area is 72.7 Å². The summed E-state index contributed by atoms with van der Waals surface area (Å²) in [5, 5.41) is 9.04. The lowest BCUT2D eigenvalue weighted by molar-refractivity contribution is -0.164. The molecule has 3 nitrogen and oxygen atoms in total. The van der Waals surface area contributed by atoms with Crippen LogP contribution in [0.2, 0.25) is 0 Å². The number of hydrogen-bond acceptors (Lipinski definition) is 2. The van der Waals surface area contributed by atoms with E-state index in [2.05, 4.69) is 0 Å². The first kappa shape index (κ1) is 9.52. The maximum absolute atomic E-state index is 11.0. The van der Waals surface area contributed by atoms with Crippen molar-refractivity contribution in [3.63, 3.8) is 0 Å². The van der Waals surface area contributed by atoms with E-state index in [-0.39, 0.29) is 5.92 Å². The standard InChI is InChI=1S/C9H16O3/c1-3-7-5-6-12-9(7,4-2)8(10)11/h7H,3-6H2,1-2H3,(H,10,11). The van der Waals surface area contributed by atoms with Gasteiger partial charge in [-0.25, -0.2) is 4.79 Å². The summed E-state index contributed by atoms with van der Waals surface area (Å²) in [6, 6.07) is 0. The van der Waals surface area contributed by atoms with Crippen molar-refractivity contribution in [3.8, 4) is 0 Å². The highest BCUT2D eigenvalue weighted by molar-refractivity contribution is 5.78. The number of carboxylic acids is 1. The van der Waals surface area contributed by atoms with Gasteiger partial charge >= 0.3 is 5.97 Å². The largest absolute Gasteiger partial charge is 0.479 e. The number of aliphatic carboxylic acids is 1. The van der Waals surface area contributed by atoms with E-state index in [1.165, 1.54) is 0 Å². The van der Waals surface area contributed by atoms with E-state index in [0.29, 0.717) is 13.0 Å². The van der Waals surface area contributed by atoms with E-state index in [9.17, 15) is 4.79 Å². The fourth-order valence-electron chi connectivity index (χ4n) is 2.05. The molecule has 0 radical (unpaired) electrons. The second kappa shape index (κ2) is 3.44. The molecule has 2 unspecified atom stereocenters. The van der Waals surface area contributed by atoms with Crippen LogP contribution >= 0.6 is 0 Å². The average molecular weight is 172 g/mol. The molecule has 3 heteroatoms. The van der Waals surface area contributed by atoms with E-state index in [1.54, 1.807) is 0 Å². The topological polar surface area (TPSA) is 46.5 Å². The molecule has 1 saturated heterocycles. The molecule has 1 fully saturated rings. The molecule has 0 aromatic carbocycles. The number of carbonyl (C=O) groups is 1. The highest BCUT2D eigenvalue weighted by Gasteiger charge is 2.48. The quantitative estimate of drug-likeness (QED) is 0.704. The summed E-state index contributed by atoms with van der Waals surface area (Å²) in [6.45, 7) is 4.49. The van der Waals surface area contributed by atoms with E-state index >= 15 is 0 Å². The summed E-state index contributed by atoms with van der Waals surface area (Å²) >= 11 is 0. The van der Waals surface area contributed by atoms with Gasteiger partial charge in [-0.3, -0.25) is 0 Å². The Morgan fingerprint density at radius 3 is 2.67 bits per heavy atom. The Kier molecular flexibility index (Phi) is 2.73. The molecule has 2 atom stereocenters. The molecule has 1 aliphatic heterocycles. The molecule has 0 aromatic heterocycles. The molecule has 0 spiro atoms. The van der Waals surface area contributed by atoms with Crippen LogP contribution in [0.3, 0.4) is 0 Å². The second-order valence-electron chi connectivity index (χ2n) is 3.29. The third-order valence-corrected chi connectivity index (χ3v) is 2.87. The minimum atomic E-state index is -0.880. The Balaban J connectivity index is 2.83. The van der Waals surface area contributed by atoms with E-state index < -0.39 is 11.6 Å². The maximum atomic E-state index is 11.0. The third-order valence-electron chi connectivity index (χ3n) is 2.87. The van der Waals surface area contributed by atoms with Crippen LogP contribution in [0.15, 0.2) is 0 Å². The molecule has 0 bridgehead atoms. The van der Waals surface area contributed by atoms with Crippen LogP contribution in [-0.4, -0.2) is 23.3 Å². The molecule has 0 aromatic rings. The monoisotopic (exact) mass is 172 g/mol. The van der Waals surface area contributed by atoms with Crippen LogP contribution in [0.1, 0.15) is 33.1 Å². The zero-order valence-corrected chi connectivity index (χ0v) is 7.67. The lowest BCUT2D eigenvalue weighted by Gasteiger charge is -2.27. The van der Waals surface area contributed by atoms with Gasteiger partial charge in [0.15, 0.2) is 5.60 Å². The van der Waals surface area contributed by atoms with E-state index in [0.717, 1.165) is 12.8 Å². The van der Waals surface area contributed by atoms with Gasteiger partial charge < -0.3 is 9.84 Å². The molecule has 1 aliphatic rings. The molecule has 1 rings (SSSR count). The zero-order valence-electron chi connectivity index (χ0n) is 7.67. The molecule has 1 N–H and O–H groups in total. The van der Waals surface area contributed by atoms with Gasteiger partial charge in [0.2, 0.25) is 0 Å². The van der Waals surface area contributed by atoms with Crippen LogP contribution in [-0.2, 0) is 9.53 Å². The van der Waals surface area contributed by atoms with E-state index in [1.807, 2.05) is 13.8 Å². The summed E-state index contributed by atoms with van der Waals surface area (Å²) < 4.78 is 5.36. The zero-order chi connectivity index (χ0) is 9.19. The lowest BCUT2D eigenvalue weighted by Crippen LogP contribution is -2.43. The molecule has 0 aliphatic carbocycles. The van der Waals surface area contributed by atoms with Crippen molar-refractivity contribution >= 4 is 5.97 Å². The normalized spacial score (nSPS) is 35.3. The van der Waals surface area contributed by atoms with Crippen molar-refractivity contribution in [2.45, 2.75) is 38.7 Å². The Morgan fingerprint density at radius 1 is 1.67 bits per heavy atom. The number of rotatable bonds is 3. The van der Waals surface area contributed by atoms with Crippen molar-refractivity contribution in [1.29, 1.82) is 0 Å². The van der Waals surface area contributed by atoms with E-state index in [4.69, 9.17) is 9.84 Å². The first-order valence-corrected chi connectivity index (χ1v) is 4.54. The third kappa shape index (κ3) is 1.22. The van der Waals surface area contributed by atoms with Crippen molar-refractivity contribution in [3.05, 3.63) is 0 Å². The highest BCUT2D eigenvalue weighted by Crippen LogP contribution is 2.37. The number of hydrogen-bond donors (Lipinski definition) is 1. The van der Waals surface area contributed by atoms with Gasteiger partial charge in [-0.05, 0) is 19.3 Å². The number of ether oxygens (including phenoxy) is 1. The van der Waals surface area contributed by atoms with Crippen LogP contribution in [0.4, 0.5) is 0 Å². The van der Waals surface area contributed by atoms with Crippen molar-refractivity contribution in [2.24, 2.45) is 5.92 Å². The van der Waals surface area contributed by atoms with Gasteiger partial charge in [0.05, 0.1) is 0 Å². The first-order chi connectivity index (χ1) is 5.67. The van der Waals surface area contributed by atoms with Gasteiger partial charge in [0.25, 0.3) is 0 Å². The van der Waals surface area contributed by atoms with Crippen LogP contribution < -0.4 is 0 Å². The predicted octanol–water partition coefficient (Wildman–Crippen LogP) is 1.67.